The molecule has 1 amide bonds. The minimum atomic E-state index is -0.417. The second-order valence-electron chi connectivity index (χ2n) is 5.51. The van der Waals surface area contributed by atoms with Crippen molar-refractivity contribution >= 4 is 40.8 Å². The monoisotopic (exact) mass is 381 g/mol. The van der Waals surface area contributed by atoms with E-state index >= 15 is 0 Å². The highest BCUT2D eigenvalue weighted by molar-refractivity contribution is 6.35. The van der Waals surface area contributed by atoms with E-state index in [4.69, 9.17) is 23.2 Å². The Kier molecular flexibility index (Phi) is 6.82. The number of nitrogens with one attached hydrogen (secondary N) is 1. The number of nitrogens with two attached hydrogens (primary N) is 1. The number of anilines is 1. The molecule has 132 valence electrons. The topological polar surface area (TPSA) is 72.0 Å². The van der Waals surface area contributed by atoms with Crippen molar-refractivity contribution < 1.29 is 19.6 Å². The number of ether oxygens (including phenoxy) is 1. The molecule has 0 heterocycles. The van der Waals surface area contributed by atoms with Crippen LogP contribution in [-0.4, -0.2) is 25.5 Å². The summed E-state index contributed by atoms with van der Waals surface area (Å²) in [4.78, 5) is 23.4. The van der Waals surface area contributed by atoms with Gasteiger partial charge in [-0.1, -0.05) is 29.3 Å². The first-order chi connectivity index (χ1) is 11.9. The van der Waals surface area contributed by atoms with Gasteiger partial charge in [0.15, 0.2) is 6.54 Å². The molecule has 0 fully saturated rings. The highest BCUT2D eigenvalue weighted by atomic mass is 35.5. The van der Waals surface area contributed by atoms with Crippen LogP contribution in [0.15, 0.2) is 42.5 Å². The first kappa shape index (κ1) is 19.2. The summed E-state index contributed by atoms with van der Waals surface area (Å²) in [6.07, 6.45) is 0. The number of carbonyl (C=O) groups excluding carboxylic acids is 2. The lowest BCUT2D eigenvalue weighted by atomic mass is 10.1. The minimum Gasteiger partial charge on any atom is -0.465 e. The third kappa shape index (κ3) is 5.46. The van der Waals surface area contributed by atoms with E-state index in [-0.39, 0.29) is 18.5 Å². The standard InChI is InChI=1S/C18H18Cl2N2O3/c1-11(15-8-5-13(19)9-16(15)20)21-10-17(23)22-14-6-3-12(4-7-14)18(24)25-2/h3-9,11,21H,10H2,1-2H3,(H,22,23)/p+1/t11-/m1/s1. The van der Waals surface area contributed by atoms with Crippen LogP contribution in [0.3, 0.4) is 0 Å². The van der Waals surface area contributed by atoms with Gasteiger partial charge in [0.2, 0.25) is 0 Å². The highest BCUT2D eigenvalue weighted by Gasteiger charge is 2.15. The Labute approximate surface area is 156 Å². The van der Waals surface area contributed by atoms with Crippen LogP contribution in [0.25, 0.3) is 0 Å². The fourth-order valence-electron chi connectivity index (χ4n) is 2.30. The van der Waals surface area contributed by atoms with E-state index in [0.717, 1.165) is 5.56 Å². The third-order valence-corrected chi connectivity index (χ3v) is 4.26. The Morgan fingerprint density at radius 3 is 2.44 bits per heavy atom. The molecular weight excluding hydrogens is 363 g/mol. The molecule has 2 aromatic carbocycles. The minimum absolute atomic E-state index is 0.0113. The van der Waals surface area contributed by atoms with Crippen LogP contribution in [0.4, 0.5) is 5.69 Å². The maximum Gasteiger partial charge on any atom is 0.337 e. The van der Waals surface area contributed by atoms with Crippen molar-refractivity contribution in [3.8, 4) is 0 Å². The number of amides is 1. The van der Waals surface area contributed by atoms with Gasteiger partial charge in [0.1, 0.15) is 6.04 Å². The summed E-state index contributed by atoms with van der Waals surface area (Å²) in [5, 5.41) is 5.82. The van der Waals surface area contributed by atoms with E-state index < -0.39 is 5.97 Å². The summed E-state index contributed by atoms with van der Waals surface area (Å²) in [5.41, 5.74) is 1.96. The zero-order valence-electron chi connectivity index (χ0n) is 13.9. The zero-order valence-corrected chi connectivity index (χ0v) is 15.4. The molecule has 0 radical (unpaired) electrons. The summed E-state index contributed by atoms with van der Waals surface area (Å²) in [7, 11) is 1.32. The average molecular weight is 382 g/mol. The molecule has 2 aromatic rings. The molecule has 0 aromatic heterocycles. The average Bonchev–Trinajstić information content (AvgIpc) is 2.59. The van der Waals surface area contributed by atoms with Crippen molar-refractivity contribution in [1.29, 1.82) is 0 Å². The van der Waals surface area contributed by atoms with E-state index in [1.165, 1.54) is 7.11 Å². The molecule has 0 unspecified atom stereocenters. The fraction of sp³-hybridized carbons (Fsp3) is 0.222. The second kappa shape index (κ2) is 8.85. The van der Waals surface area contributed by atoms with Crippen LogP contribution in [0.5, 0.6) is 0 Å². The number of rotatable bonds is 6. The van der Waals surface area contributed by atoms with Gasteiger partial charge in [-0.2, -0.15) is 0 Å². The molecule has 2 rings (SSSR count). The summed E-state index contributed by atoms with van der Waals surface area (Å²) < 4.78 is 4.63. The Bertz CT molecular complexity index is 763. The molecule has 0 saturated carbocycles. The molecule has 7 heteroatoms. The number of hydrogen-bond acceptors (Lipinski definition) is 3. The quantitative estimate of drug-likeness (QED) is 0.755. The van der Waals surface area contributed by atoms with Gasteiger partial charge in [0.25, 0.3) is 5.91 Å². The lowest BCUT2D eigenvalue weighted by Gasteiger charge is -2.13. The molecule has 5 nitrogen and oxygen atoms in total. The van der Waals surface area contributed by atoms with Crippen LogP contribution in [0.2, 0.25) is 10.0 Å². The predicted molar refractivity (Wildman–Crippen MR) is 98.1 cm³/mol. The summed E-state index contributed by atoms with van der Waals surface area (Å²) >= 11 is 12.1. The van der Waals surface area contributed by atoms with E-state index in [0.29, 0.717) is 21.3 Å². The maximum absolute atomic E-state index is 12.1. The van der Waals surface area contributed by atoms with E-state index in [9.17, 15) is 9.59 Å². The molecule has 3 N–H and O–H groups in total. The first-order valence-electron chi connectivity index (χ1n) is 7.67. The van der Waals surface area contributed by atoms with Crippen molar-refractivity contribution in [2.24, 2.45) is 0 Å². The smallest absolute Gasteiger partial charge is 0.337 e. The number of methoxy groups -OCH3 is 1. The molecular formula is C18H19Cl2N2O3+. The third-order valence-electron chi connectivity index (χ3n) is 3.70. The molecule has 25 heavy (non-hydrogen) atoms. The van der Waals surface area contributed by atoms with Crippen LogP contribution in [0, 0.1) is 0 Å². The molecule has 0 aliphatic heterocycles. The maximum atomic E-state index is 12.1. The number of carbonyl (C=O) groups is 2. The van der Waals surface area contributed by atoms with Gasteiger partial charge < -0.3 is 15.4 Å². The molecule has 0 spiro atoms. The number of benzene rings is 2. The number of halogens is 2. The Hall–Kier alpha value is -2.08. The van der Waals surface area contributed by atoms with Crippen molar-refractivity contribution in [1.82, 2.24) is 0 Å². The van der Waals surface area contributed by atoms with Gasteiger partial charge in [-0.05, 0) is 43.3 Å². The lowest BCUT2D eigenvalue weighted by molar-refractivity contribution is -0.682. The number of esters is 1. The molecule has 0 aliphatic rings. The molecule has 1 atom stereocenters. The van der Waals surface area contributed by atoms with E-state index in [2.05, 4.69) is 10.1 Å². The van der Waals surface area contributed by atoms with Gasteiger partial charge in [-0.25, -0.2) is 4.79 Å². The number of quaternary nitrogens is 1. The second-order valence-corrected chi connectivity index (χ2v) is 6.36. The summed E-state index contributed by atoms with van der Waals surface area (Å²) in [6.45, 7) is 2.20. The largest absolute Gasteiger partial charge is 0.465 e. The van der Waals surface area contributed by atoms with E-state index in [1.54, 1.807) is 36.4 Å². The highest BCUT2D eigenvalue weighted by Crippen LogP contribution is 2.24. The van der Waals surface area contributed by atoms with Crippen molar-refractivity contribution in [2.75, 3.05) is 19.0 Å². The normalized spacial score (nSPS) is 11.7. The Balaban J connectivity index is 1.88. The summed E-state index contributed by atoms with van der Waals surface area (Å²) in [5.74, 6) is -0.567. The van der Waals surface area contributed by atoms with Crippen molar-refractivity contribution in [3.63, 3.8) is 0 Å². The van der Waals surface area contributed by atoms with Crippen LogP contribution in [-0.2, 0) is 9.53 Å². The van der Waals surface area contributed by atoms with Gasteiger partial charge in [-0.3, -0.25) is 4.79 Å². The Morgan fingerprint density at radius 2 is 1.84 bits per heavy atom. The first-order valence-corrected chi connectivity index (χ1v) is 8.43. The summed E-state index contributed by atoms with van der Waals surface area (Å²) in [6, 6.07) is 11.8. The molecule has 0 aliphatic carbocycles. The predicted octanol–water partition coefficient (Wildman–Crippen LogP) is 3.04. The Morgan fingerprint density at radius 1 is 1.16 bits per heavy atom. The van der Waals surface area contributed by atoms with Crippen LogP contribution >= 0.6 is 23.2 Å². The molecule has 0 saturated heterocycles. The van der Waals surface area contributed by atoms with Gasteiger partial charge in [-0.15, -0.1) is 0 Å². The van der Waals surface area contributed by atoms with E-state index in [1.807, 2.05) is 18.3 Å². The number of hydrogen-bond donors (Lipinski definition) is 2. The SMILES string of the molecule is COC(=O)c1ccc(NC(=O)C[NH2+][C@H](C)c2ccc(Cl)cc2Cl)cc1. The van der Waals surface area contributed by atoms with Crippen molar-refractivity contribution in [3.05, 3.63) is 63.6 Å². The van der Waals surface area contributed by atoms with Crippen LogP contribution < -0.4 is 10.6 Å². The van der Waals surface area contributed by atoms with Gasteiger partial charge in [0.05, 0.1) is 17.7 Å². The molecule has 0 bridgehead atoms. The van der Waals surface area contributed by atoms with Gasteiger partial charge >= 0.3 is 5.97 Å². The van der Waals surface area contributed by atoms with Crippen LogP contribution in [0.1, 0.15) is 28.9 Å². The van der Waals surface area contributed by atoms with Crippen molar-refractivity contribution in [2.45, 2.75) is 13.0 Å². The zero-order chi connectivity index (χ0) is 18.4. The fourth-order valence-corrected chi connectivity index (χ4v) is 2.88. The van der Waals surface area contributed by atoms with Gasteiger partial charge in [0, 0.05) is 16.3 Å². The lowest BCUT2D eigenvalue weighted by Crippen LogP contribution is -2.86.